The van der Waals surface area contributed by atoms with Gasteiger partial charge in [-0.05, 0) is 17.7 Å². The Morgan fingerprint density at radius 1 is 1.11 bits per heavy atom. The van der Waals surface area contributed by atoms with Crippen molar-refractivity contribution in [1.82, 2.24) is 9.55 Å². The van der Waals surface area contributed by atoms with Crippen molar-refractivity contribution in [3.8, 4) is 0 Å². The van der Waals surface area contributed by atoms with E-state index in [1.54, 1.807) is 10.9 Å². The molecule has 92 valence electrons. The smallest absolute Gasteiger partial charge is 0.261 e. The second-order valence-electron chi connectivity index (χ2n) is 4.68. The topological polar surface area (TPSA) is 34.9 Å². The summed E-state index contributed by atoms with van der Waals surface area (Å²) in [5.74, 6) is 0. The molecule has 0 saturated heterocycles. The van der Waals surface area contributed by atoms with E-state index in [1.807, 2.05) is 56.4 Å². The largest absolute Gasteiger partial charge is 0.294 e. The summed E-state index contributed by atoms with van der Waals surface area (Å²) in [7, 11) is 2.00. The molecule has 3 rings (SSSR count). The molecule has 19 heavy (non-hydrogen) atoms. The average Bonchev–Trinajstić information content (AvgIpc) is 2.43. The number of fused-ring (bicyclic) bond motifs is 1. The highest BCUT2D eigenvalue weighted by Crippen LogP contribution is 2.05. The number of rotatable bonds is 2. The fourth-order valence-electron chi connectivity index (χ4n) is 2.16. The molecule has 0 radical (unpaired) electrons. The van der Waals surface area contributed by atoms with E-state index in [9.17, 15) is 4.79 Å². The number of hydrogen-bond acceptors (Lipinski definition) is 2. The molecule has 3 nitrogen and oxygen atoms in total. The number of benzene rings is 2. The predicted octanol–water partition coefficient (Wildman–Crippen LogP) is 0.703. The Bertz CT molecular complexity index is 781. The minimum atomic E-state index is 0.00820. The second-order valence-corrected chi connectivity index (χ2v) is 4.68. The summed E-state index contributed by atoms with van der Waals surface area (Å²) >= 11 is 0. The highest BCUT2D eigenvalue weighted by atomic mass is 16.1. The van der Waals surface area contributed by atoms with Gasteiger partial charge in [0.05, 0.1) is 23.8 Å². The Labute approximate surface area is 111 Å². The van der Waals surface area contributed by atoms with Crippen LogP contribution in [0, 0.1) is 0 Å². The van der Waals surface area contributed by atoms with E-state index in [2.05, 4.69) is 4.98 Å². The van der Waals surface area contributed by atoms with E-state index < -0.39 is 0 Å². The molecule has 0 amide bonds. The Balaban J connectivity index is 2.08. The SMILES string of the molecule is Bc1ccc2c(=O)n(Cc3ccccc3)cnc2c1. The lowest BCUT2D eigenvalue weighted by Crippen LogP contribution is -2.21. The Morgan fingerprint density at radius 2 is 1.89 bits per heavy atom. The summed E-state index contributed by atoms with van der Waals surface area (Å²) in [4.78, 5) is 16.7. The van der Waals surface area contributed by atoms with Gasteiger partial charge >= 0.3 is 0 Å². The van der Waals surface area contributed by atoms with Crippen LogP contribution in [0.1, 0.15) is 5.56 Å². The number of aromatic nitrogens is 2. The molecule has 0 N–H and O–H groups in total. The average molecular weight is 248 g/mol. The van der Waals surface area contributed by atoms with Crippen LogP contribution in [0.2, 0.25) is 0 Å². The Morgan fingerprint density at radius 3 is 2.68 bits per heavy atom. The van der Waals surface area contributed by atoms with Crippen LogP contribution >= 0.6 is 0 Å². The third kappa shape index (κ3) is 2.29. The van der Waals surface area contributed by atoms with Crippen LogP contribution in [0.3, 0.4) is 0 Å². The quantitative estimate of drug-likeness (QED) is 0.626. The van der Waals surface area contributed by atoms with Crippen LogP contribution < -0.4 is 11.0 Å². The third-order valence-corrected chi connectivity index (χ3v) is 3.18. The third-order valence-electron chi connectivity index (χ3n) is 3.18. The van der Waals surface area contributed by atoms with Gasteiger partial charge in [0.15, 0.2) is 0 Å². The van der Waals surface area contributed by atoms with Crippen LogP contribution in [0.5, 0.6) is 0 Å². The molecule has 3 aromatic rings. The normalized spacial score (nSPS) is 10.7. The first kappa shape index (κ1) is 11.7. The molecule has 0 atom stereocenters. The van der Waals surface area contributed by atoms with E-state index in [-0.39, 0.29) is 5.56 Å². The summed E-state index contributed by atoms with van der Waals surface area (Å²) in [5.41, 5.74) is 2.97. The van der Waals surface area contributed by atoms with E-state index >= 15 is 0 Å². The maximum absolute atomic E-state index is 12.4. The molecular weight excluding hydrogens is 235 g/mol. The Hall–Kier alpha value is -2.36. The van der Waals surface area contributed by atoms with Crippen molar-refractivity contribution in [3.63, 3.8) is 0 Å². The summed E-state index contributed by atoms with van der Waals surface area (Å²) in [6, 6.07) is 15.6. The highest BCUT2D eigenvalue weighted by Gasteiger charge is 2.04. The van der Waals surface area contributed by atoms with Gasteiger partial charge in [0, 0.05) is 0 Å². The molecule has 0 aliphatic carbocycles. The molecule has 0 saturated carbocycles. The fourth-order valence-corrected chi connectivity index (χ4v) is 2.16. The molecule has 4 heteroatoms. The van der Waals surface area contributed by atoms with E-state index in [1.165, 1.54) is 0 Å². The number of nitrogens with zero attached hydrogens (tertiary/aromatic N) is 2. The van der Waals surface area contributed by atoms with Gasteiger partial charge in [-0.2, -0.15) is 0 Å². The first-order valence-corrected chi connectivity index (χ1v) is 6.24. The van der Waals surface area contributed by atoms with Gasteiger partial charge in [-0.1, -0.05) is 41.9 Å². The molecule has 0 bridgehead atoms. The molecule has 0 aliphatic rings. The van der Waals surface area contributed by atoms with Gasteiger partial charge in [0.1, 0.15) is 7.85 Å². The summed E-state index contributed by atoms with van der Waals surface area (Å²) in [6.07, 6.45) is 1.62. The summed E-state index contributed by atoms with van der Waals surface area (Å²) in [6.45, 7) is 0.552. The minimum absolute atomic E-state index is 0.00820. The molecule has 0 unspecified atom stereocenters. The van der Waals surface area contributed by atoms with E-state index in [0.717, 1.165) is 16.5 Å². The lowest BCUT2D eigenvalue weighted by molar-refractivity contribution is 0.748. The van der Waals surface area contributed by atoms with Crippen LogP contribution in [0.4, 0.5) is 0 Å². The number of hydrogen-bond donors (Lipinski definition) is 0. The van der Waals surface area contributed by atoms with Gasteiger partial charge in [-0.3, -0.25) is 9.36 Å². The standard InChI is InChI=1S/C15H13BN2O/c16-12-6-7-13-14(8-12)17-10-18(15(13)19)9-11-4-2-1-3-5-11/h1-8,10H,9,16H2. The lowest BCUT2D eigenvalue weighted by Gasteiger charge is -2.07. The van der Waals surface area contributed by atoms with Crippen molar-refractivity contribution in [1.29, 1.82) is 0 Å². The van der Waals surface area contributed by atoms with Gasteiger partial charge in [0.25, 0.3) is 5.56 Å². The molecule has 2 aromatic carbocycles. The predicted molar refractivity (Wildman–Crippen MR) is 79.7 cm³/mol. The van der Waals surface area contributed by atoms with E-state index in [4.69, 9.17) is 0 Å². The molecule has 0 spiro atoms. The zero-order valence-corrected chi connectivity index (χ0v) is 10.7. The molecule has 1 heterocycles. The summed E-state index contributed by atoms with van der Waals surface area (Å²) in [5, 5.41) is 0.670. The highest BCUT2D eigenvalue weighted by molar-refractivity contribution is 6.33. The monoisotopic (exact) mass is 248 g/mol. The van der Waals surface area contributed by atoms with Crippen molar-refractivity contribution < 1.29 is 0 Å². The zero-order valence-electron chi connectivity index (χ0n) is 10.7. The maximum atomic E-state index is 12.4. The van der Waals surface area contributed by atoms with Gasteiger partial charge in [-0.15, -0.1) is 0 Å². The molecular formula is C15H13BN2O. The maximum Gasteiger partial charge on any atom is 0.261 e. The van der Waals surface area contributed by atoms with Crippen LogP contribution in [-0.2, 0) is 6.54 Å². The Kier molecular flexibility index (Phi) is 2.92. The van der Waals surface area contributed by atoms with Crippen molar-refractivity contribution in [2.75, 3.05) is 0 Å². The van der Waals surface area contributed by atoms with Crippen LogP contribution in [0.15, 0.2) is 59.7 Å². The van der Waals surface area contributed by atoms with Crippen molar-refractivity contribution in [2.24, 2.45) is 0 Å². The van der Waals surface area contributed by atoms with Crippen molar-refractivity contribution >= 4 is 24.2 Å². The van der Waals surface area contributed by atoms with Gasteiger partial charge in [-0.25, -0.2) is 4.98 Å². The lowest BCUT2D eigenvalue weighted by atomic mass is 9.95. The van der Waals surface area contributed by atoms with Gasteiger partial charge in [0.2, 0.25) is 0 Å². The fraction of sp³-hybridized carbons (Fsp3) is 0.0667. The van der Waals surface area contributed by atoms with Crippen LogP contribution in [0.25, 0.3) is 10.9 Å². The molecule has 0 aliphatic heterocycles. The second kappa shape index (κ2) is 4.73. The van der Waals surface area contributed by atoms with Crippen molar-refractivity contribution in [3.05, 3.63) is 70.8 Å². The summed E-state index contributed by atoms with van der Waals surface area (Å²) < 4.78 is 1.65. The van der Waals surface area contributed by atoms with Crippen LogP contribution in [-0.4, -0.2) is 17.4 Å². The van der Waals surface area contributed by atoms with E-state index in [0.29, 0.717) is 11.9 Å². The van der Waals surface area contributed by atoms with Gasteiger partial charge < -0.3 is 0 Å². The zero-order chi connectivity index (χ0) is 13.2. The first-order valence-electron chi connectivity index (χ1n) is 6.24. The first-order chi connectivity index (χ1) is 9.24. The minimum Gasteiger partial charge on any atom is -0.294 e. The molecule has 0 fully saturated rings. The van der Waals surface area contributed by atoms with Crippen molar-refractivity contribution in [2.45, 2.75) is 6.54 Å². The molecule has 1 aromatic heterocycles.